The van der Waals surface area contributed by atoms with E-state index in [-0.39, 0.29) is 38.0 Å². The van der Waals surface area contributed by atoms with E-state index in [1.807, 2.05) is 0 Å². The lowest BCUT2D eigenvalue weighted by Gasteiger charge is -2.20. The van der Waals surface area contributed by atoms with Gasteiger partial charge in [0.05, 0.1) is 31.7 Å². The maximum absolute atomic E-state index is 12.6. The standard InChI is InChI=1S/C14H6Cl2N2O4/c15-5-1-2-6(16)10-9(5)13(19)11-7(17)3-4-8(18(21)22)12(11)14(10)20/h1-4H,17H2. The van der Waals surface area contributed by atoms with E-state index in [2.05, 4.69) is 0 Å². The summed E-state index contributed by atoms with van der Waals surface area (Å²) >= 11 is 12.0. The molecule has 1 aliphatic carbocycles. The van der Waals surface area contributed by atoms with Gasteiger partial charge in [0, 0.05) is 11.8 Å². The summed E-state index contributed by atoms with van der Waals surface area (Å²) in [6.07, 6.45) is 0. The fraction of sp³-hybridized carbons (Fsp3) is 0. The number of nitro groups is 1. The quantitative estimate of drug-likeness (QED) is 0.417. The summed E-state index contributed by atoms with van der Waals surface area (Å²) in [6.45, 7) is 0. The van der Waals surface area contributed by atoms with Crippen LogP contribution >= 0.6 is 23.2 Å². The Kier molecular flexibility index (Phi) is 3.16. The Morgan fingerprint density at radius 2 is 1.36 bits per heavy atom. The monoisotopic (exact) mass is 336 g/mol. The first kappa shape index (κ1) is 14.5. The van der Waals surface area contributed by atoms with Crippen molar-refractivity contribution >= 4 is 46.1 Å². The van der Waals surface area contributed by atoms with Gasteiger partial charge in [0.1, 0.15) is 5.56 Å². The van der Waals surface area contributed by atoms with Crippen molar-refractivity contribution in [1.82, 2.24) is 0 Å². The first-order valence-electron chi connectivity index (χ1n) is 5.99. The average molecular weight is 337 g/mol. The molecule has 0 amide bonds. The van der Waals surface area contributed by atoms with Gasteiger partial charge in [-0.05, 0) is 18.2 Å². The lowest BCUT2D eigenvalue weighted by Crippen LogP contribution is -2.24. The van der Waals surface area contributed by atoms with E-state index in [1.165, 1.54) is 18.2 Å². The zero-order valence-corrected chi connectivity index (χ0v) is 12.2. The predicted molar refractivity (Wildman–Crippen MR) is 80.8 cm³/mol. The minimum absolute atomic E-state index is 0.000113. The van der Waals surface area contributed by atoms with Gasteiger partial charge in [-0.15, -0.1) is 0 Å². The van der Waals surface area contributed by atoms with E-state index in [1.54, 1.807) is 0 Å². The van der Waals surface area contributed by atoms with Crippen LogP contribution in [0.5, 0.6) is 0 Å². The summed E-state index contributed by atoms with van der Waals surface area (Å²) < 4.78 is 0. The van der Waals surface area contributed by atoms with Gasteiger partial charge < -0.3 is 5.73 Å². The number of carbonyl (C=O) groups excluding carboxylic acids is 2. The highest BCUT2D eigenvalue weighted by molar-refractivity contribution is 6.44. The van der Waals surface area contributed by atoms with Crippen molar-refractivity contribution in [3.05, 3.63) is 66.7 Å². The number of rotatable bonds is 1. The van der Waals surface area contributed by atoms with Crippen LogP contribution in [0.2, 0.25) is 10.0 Å². The molecule has 2 N–H and O–H groups in total. The molecule has 0 saturated heterocycles. The van der Waals surface area contributed by atoms with Gasteiger partial charge in [0.2, 0.25) is 5.78 Å². The minimum atomic E-state index is -0.743. The largest absolute Gasteiger partial charge is 0.398 e. The van der Waals surface area contributed by atoms with Crippen LogP contribution in [0, 0.1) is 10.1 Å². The third kappa shape index (κ3) is 1.81. The molecular formula is C14H6Cl2N2O4. The van der Waals surface area contributed by atoms with Crippen LogP contribution in [0.25, 0.3) is 0 Å². The van der Waals surface area contributed by atoms with E-state index in [4.69, 9.17) is 28.9 Å². The summed E-state index contributed by atoms with van der Waals surface area (Å²) in [7, 11) is 0. The lowest BCUT2D eigenvalue weighted by atomic mass is 9.82. The summed E-state index contributed by atoms with van der Waals surface area (Å²) in [5.41, 5.74) is 4.42. The number of ketones is 2. The van der Waals surface area contributed by atoms with Crippen molar-refractivity contribution in [1.29, 1.82) is 0 Å². The first-order valence-corrected chi connectivity index (χ1v) is 6.74. The van der Waals surface area contributed by atoms with Gasteiger partial charge in [-0.1, -0.05) is 23.2 Å². The first-order chi connectivity index (χ1) is 10.3. The number of fused-ring (bicyclic) bond motifs is 2. The SMILES string of the molecule is Nc1ccc([N+](=O)[O-])c2c1C(=O)c1c(Cl)ccc(Cl)c1C2=O. The maximum atomic E-state index is 12.6. The van der Waals surface area contributed by atoms with Gasteiger partial charge in [-0.25, -0.2) is 0 Å². The van der Waals surface area contributed by atoms with Gasteiger partial charge in [0.15, 0.2) is 5.78 Å². The van der Waals surface area contributed by atoms with Gasteiger partial charge in [0.25, 0.3) is 5.69 Å². The fourth-order valence-corrected chi connectivity index (χ4v) is 2.97. The molecular weight excluding hydrogens is 331 g/mol. The molecule has 1 aliphatic rings. The third-order valence-corrected chi connectivity index (χ3v) is 4.05. The Morgan fingerprint density at radius 3 is 1.86 bits per heavy atom. The molecule has 6 nitrogen and oxygen atoms in total. The van der Waals surface area contributed by atoms with E-state index in [0.29, 0.717) is 0 Å². The van der Waals surface area contributed by atoms with Crippen LogP contribution in [0.15, 0.2) is 24.3 Å². The van der Waals surface area contributed by atoms with Crippen molar-refractivity contribution < 1.29 is 14.5 Å². The number of carbonyl (C=O) groups is 2. The molecule has 0 radical (unpaired) electrons. The second kappa shape index (κ2) is 4.79. The smallest absolute Gasteiger partial charge is 0.281 e. The van der Waals surface area contributed by atoms with Crippen molar-refractivity contribution in [2.75, 3.05) is 5.73 Å². The van der Waals surface area contributed by atoms with Gasteiger partial charge in [-0.3, -0.25) is 19.7 Å². The molecule has 0 aromatic heterocycles. The number of nitro benzene ring substituents is 1. The molecule has 0 spiro atoms. The molecule has 0 aliphatic heterocycles. The van der Waals surface area contributed by atoms with Crippen molar-refractivity contribution in [3.8, 4) is 0 Å². The van der Waals surface area contributed by atoms with Crippen LogP contribution in [0.1, 0.15) is 31.8 Å². The molecule has 110 valence electrons. The number of hydrogen-bond acceptors (Lipinski definition) is 5. The molecule has 0 atom stereocenters. The normalized spacial score (nSPS) is 12.8. The number of nitrogens with two attached hydrogens (primary N) is 1. The highest BCUT2D eigenvalue weighted by Crippen LogP contribution is 2.40. The van der Waals surface area contributed by atoms with Gasteiger partial charge >= 0.3 is 0 Å². The summed E-state index contributed by atoms with van der Waals surface area (Å²) in [5, 5.41) is 11.2. The average Bonchev–Trinajstić information content (AvgIpc) is 2.46. The molecule has 0 bridgehead atoms. The molecule has 8 heteroatoms. The molecule has 2 aromatic carbocycles. The summed E-state index contributed by atoms with van der Waals surface area (Å²) in [4.78, 5) is 35.7. The number of nitrogen functional groups attached to an aromatic ring is 1. The van der Waals surface area contributed by atoms with Crippen LogP contribution < -0.4 is 5.73 Å². The molecule has 22 heavy (non-hydrogen) atoms. The van der Waals surface area contributed by atoms with Crippen LogP contribution in [-0.2, 0) is 0 Å². The molecule has 0 saturated carbocycles. The molecule has 0 fully saturated rings. The molecule has 2 aromatic rings. The zero-order valence-electron chi connectivity index (χ0n) is 10.7. The maximum Gasteiger partial charge on any atom is 0.281 e. The highest BCUT2D eigenvalue weighted by atomic mass is 35.5. The second-order valence-electron chi connectivity index (χ2n) is 4.62. The number of benzene rings is 2. The highest BCUT2D eigenvalue weighted by Gasteiger charge is 2.39. The van der Waals surface area contributed by atoms with Crippen LogP contribution in [-0.4, -0.2) is 16.5 Å². The molecule has 0 heterocycles. The fourth-order valence-electron chi connectivity index (χ4n) is 2.48. The Labute approximate surface area is 133 Å². The van der Waals surface area contributed by atoms with E-state index in [0.717, 1.165) is 6.07 Å². The molecule has 0 unspecified atom stereocenters. The Bertz CT molecular complexity index is 893. The Balaban J connectivity index is 2.47. The van der Waals surface area contributed by atoms with Crippen molar-refractivity contribution in [3.63, 3.8) is 0 Å². The van der Waals surface area contributed by atoms with Crippen LogP contribution in [0.3, 0.4) is 0 Å². The summed E-state index contributed by atoms with van der Waals surface area (Å²) in [5.74, 6) is -1.39. The van der Waals surface area contributed by atoms with E-state index < -0.39 is 22.2 Å². The number of anilines is 1. The topological polar surface area (TPSA) is 103 Å². The minimum Gasteiger partial charge on any atom is -0.398 e. The number of halogens is 2. The predicted octanol–water partition coefficient (Wildman–Crippen LogP) is 3.26. The number of nitrogens with zero attached hydrogens (tertiary/aromatic N) is 1. The zero-order chi connectivity index (χ0) is 16.2. The molecule has 3 rings (SSSR count). The van der Waals surface area contributed by atoms with Gasteiger partial charge in [-0.2, -0.15) is 0 Å². The van der Waals surface area contributed by atoms with E-state index >= 15 is 0 Å². The van der Waals surface area contributed by atoms with E-state index in [9.17, 15) is 19.7 Å². The van der Waals surface area contributed by atoms with Crippen LogP contribution in [0.4, 0.5) is 11.4 Å². The number of hydrogen-bond donors (Lipinski definition) is 1. The van der Waals surface area contributed by atoms with Crippen molar-refractivity contribution in [2.24, 2.45) is 0 Å². The third-order valence-electron chi connectivity index (χ3n) is 3.42. The Morgan fingerprint density at radius 1 is 0.864 bits per heavy atom. The van der Waals surface area contributed by atoms with Crippen molar-refractivity contribution in [2.45, 2.75) is 0 Å². The second-order valence-corrected chi connectivity index (χ2v) is 5.43. The summed E-state index contributed by atoms with van der Waals surface area (Å²) in [6, 6.07) is 5.04. The lowest BCUT2D eigenvalue weighted by molar-refractivity contribution is -0.385. The Hall–Kier alpha value is -2.44.